The van der Waals surface area contributed by atoms with E-state index in [0.717, 1.165) is 5.56 Å². The van der Waals surface area contributed by atoms with Crippen molar-refractivity contribution < 1.29 is 19.7 Å². The maximum absolute atomic E-state index is 11.5. The van der Waals surface area contributed by atoms with Gasteiger partial charge in [-0.2, -0.15) is 0 Å². The maximum Gasteiger partial charge on any atom is 0.407 e. The number of carbonyl (C=O) groups excluding carboxylic acids is 1. The summed E-state index contributed by atoms with van der Waals surface area (Å²) in [5.74, 6) is 0. The van der Waals surface area contributed by atoms with Crippen molar-refractivity contribution in [1.82, 2.24) is 10.3 Å². The molecule has 6 heteroatoms. The Bertz CT molecular complexity index is 457. The van der Waals surface area contributed by atoms with Crippen molar-refractivity contribution in [3.05, 3.63) is 29.6 Å². The third-order valence-electron chi connectivity index (χ3n) is 2.62. The second kappa shape index (κ2) is 6.67. The normalized spacial score (nSPS) is 14.5. The van der Waals surface area contributed by atoms with Crippen LogP contribution in [-0.4, -0.2) is 39.5 Å². The Hall–Kier alpha value is -1.66. The summed E-state index contributed by atoms with van der Waals surface area (Å²) in [5, 5.41) is 22.3. The largest absolute Gasteiger partial charge is 0.444 e. The number of alkyl carbamates (subject to hydrolysis) is 1. The Morgan fingerprint density at radius 2 is 2.10 bits per heavy atom. The highest BCUT2D eigenvalue weighted by Gasteiger charge is 2.22. The highest BCUT2D eigenvalue weighted by molar-refractivity contribution is 5.67. The van der Waals surface area contributed by atoms with Crippen molar-refractivity contribution in [3.8, 4) is 0 Å². The molecule has 20 heavy (non-hydrogen) atoms. The molecule has 1 heterocycles. The number of aliphatic hydroxyl groups excluding tert-OH is 2. The van der Waals surface area contributed by atoms with Gasteiger partial charge in [-0.1, -0.05) is 0 Å². The van der Waals surface area contributed by atoms with Gasteiger partial charge in [0.1, 0.15) is 17.8 Å². The number of rotatable bonds is 4. The molecule has 3 N–H and O–H groups in total. The van der Waals surface area contributed by atoms with Gasteiger partial charge in [0, 0.05) is 24.5 Å². The molecule has 1 amide bonds. The smallest absolute Gasteiger partial charge is 0.407 e. The number of carbonyl (C=O) groups is 1. The molecule has 0 saturated carbocycles. The number of aryl methyl sites for hydroxylation is 1. The number of aliphatic hydroxyl groups is 2. The van der Waals surface area contributed by atoms with Crippen LogP contribution in [0, 0.1) is 6.92 Å². The molecule has 0 bridgehead atoms. The van der Waals surface area contributed by atoms with E-state index in [9.17, 15) is 15.0 Å². The van der Waals surface area contributed by atoms with Crippen molar-refractivity contribution in [2.45, 2.75) is 45.5 Å². The van der Waals surface area contributed by atoms with Gasteiger partial charge >= 0.3 is 6.09 Å². The molecule has 0 aliphatic rings. The molecule has 0 saturated heterocycles. The Balaban J connectivity index is 2.53. The fourth-order valence-corrected chi connectivity index (χ4v) is 1.61. The molecule has 0 aromatic carbocycles. The van der Waals surface area contributed by atoms with Crippen LogP contribution in [0.2, 0.25) is 0 Å². The Labute approximate surface area is 118 Å². The Morgan fingerprint density at radius 3 is 2.65 bits per heavy atom. The average molecular weight is 282 g/mol. The number of hydrogen-bond donors (Lipinski definition) is 3. The molecule has 2 unspecified atom stereocenters. The Kier molecular flexibility index (Phi) is 5.47. The monoisotopic (exact) mass is 282 g/mol. The first-order valence-corrected chi connectivity index (χ1v) is 6.44. The van der Waals surface area contributed by atoms with Crippen LogP contribution in [0.25, 0.3) is 0 Å². The number of nitrogens with one attached hydrogen (secondary N) is 1. The van der Waals surface area contributed by atoms with Crippen LogP contribution in [0.4, 0.5) is 4.79 Å². The zero-order chi connectivity index (χ0) is 15.3. The fourth-order valence-electron chi connectivity index (χ4n) is 1.61. The number of amides is 1. The molecule has 0 aliphatic carbocycles. The summed E-state index contributed by atoms with van der Waals surface area (Å²) in [7, 11) is 0. The predicted octanol–water partition coefficient (Wildman–Crippen LogP) is 1.31. The van der Waals surface area contributed by atoms with E-state index in [2.05, 4.69) is 10.3 Å². The van der Waals surface area contributed by atoms with Gasteiger partial charge in [-0.3, -0.25) is 4.98 Å². The van der Waals surface area contributed by atoms with Crippen molar-refractivity contribution in [1.29, 1.82) is 0 Å². The van der Waals surface area contributed by atoms with Gasteiger partial charge in [-0.25, -0.2) is 4.79 Å². The van der Waals surface area contributed by atoms with Crippen LogP contribution in [-0.2, 0) is 4.74 Å². The van der Waals surface area contributed by atoms with Crippen LogP contribution in [0.3, 0.4) is 0 Å². The molecule has 0 radical (unpaired) electrons. The van der Waals surface area contributed by atoms with Gasteiger partial charge in [0.15, 0.2) is 0 Å². The minimum absolute atomic E-state index is 0.107. The first-order chi connectivity index (χ1) is 9.20. The van der Waals surface area contributed by atoms with Gasteiger partial charge in [-0.15, -0.1) is 0 Å². The van der Waals surface area contributed by atoms with Gasteiger partial charge in [0.25, 0.3) is 0 Å². The van der Waals surface area contributed by atoms with Crippen molar-refractivity contribution in [3.63, 3.8) is 0 Å². The zero-order valence-corrected chi connectivity index (χ0v) is 12.3. The highest BCUT2D eigenvalue weighted by Crippen LogP contribution is 2.19. The second-order valence-corrected chi connectivity index (χ2v) is 5.63. The second-order valence-electron chi connectivity index (χ2n) is 5.63. The minimum Gasteiger partial charge on any atom is -0.444 e. The first kappa shape index (κ1) is 16.4. The summed E-state index contributed by atoms with van der Waals surface area (Å²) in [6.45, 7) is 6.95. The summed E-state index contributed by atoms with van der Waals surface area (Å²) in [5.41, 5.74) is 0.753. The molecular weight excluding hydrogens is 260 g/mol. The highest BCUT2D eigenvalue weighted by atomic mass is 16.6. The zero-order valence-electron chi connectivity index (χ0n) is 12.3. The molecule has 0 spiro atoms. The van der Waals surface area contributed by atoms with E-state index in [4.69, 9.17) is 4.74 Å². The van der Waals surface area contributed by atoms with E-state index in [0.29, 0.717) is 5.56 Å². The van der Waals surface area contributed by atoms with Crippen LogP contribution < -0.4 is 5.32 Å². The molecule has 112 valence electrons. The van der Waals surface area contributed by atoms with Crippen molar-refractivity contribution in [2.75, 3.05) is 6.54 Å². The van der Waals surface area contributed by atoms with Crippen LogP contribution in [0.1, 0.15) is 38.0 Å². The lowest BCUT2D eigenvalue weighted by Crippen LogP contribution is -2.39. The molecule has 1 aromatic heterocycles. The number of hydrogen-bond acceptors (Lipinski definition) is 5. The van der Waals surface area contributed by atoms with E-state index in [-0.39, 0.29) is 6.54 Å². The molecular formula is C14H22N2O4. The summed E-state index contributed by atoms with van der Waals surface area (Å²) in [6, 6.07) is 1.74. The van der Waals surface area contributed by atoms with E-state index in [1.165, 1.54) is 6.20 Å². The van der Waals surface area contributed by atoms with Gasteiger partial charge < -0.3 is 20.3 Å². The lowest BCUT2D eigenvalue weighted by Gasteiger charge is -2.22. The summed E-state index contributed by atoms with van der Waals surface area (Å²) < 4.78 is 5.04. The summed E-state index contributed by atoms with van der Waals surface area (Å²) >= 11 is 0. The van der Waals surface area contributed by atoms with Crippen molar-refractivity contribution in [2.24, 2.45) is 0 Å². The molecule has 6 nitrogen and oxygen atoms in total. The van der Waals surface area contributed by atoms with Gasteiger partial charge in [0.05, 0.1) is 0 Å². The number of aromatic nitrogens is 1. The maximum atomic E-state index is 11.5. The predicted molar refractivity (Wildman–Crippen MR) is 74.2 cm³/mol. The topological polar surface area (TPSA) is 91.7 Å². The SMILES string of the molecule is Cc1ccncc1C(O)C(O)CNC(=O)OC(C)(C)C. The standard InChI is InChI=1S/C14H22N2O4/c1-9-5-6-15-7-10(9)12(18)11(17)8-16-13(19)20-14(2,3)4/h5-7,11-12,17-18H,8H2,1-4H3,(H,16,19). The number of ether oxygens (including phenoxy) is 1. The quantitative estimate of drug-likeness (QED) is 0.774. The number of pyridine rings is 1. The van der Waals surface area contributed by atoms with E-state index < -0.39 is 23.9 Å². The van der Waals surface area contributed by atoms with E-state index in [1.807, 2.05) is 6.92 Å². The van der Waals surface area contributed by atoms with Gasteiger partial charge in [0.2, 0.25) is 0 Å². The van der Waals surface area contributed by atoms with Gasteiger partial charge in [-0.05, 0) is 39.3 Å². The average Bonchev–Trinajstić information content (AvgIpc) is 2.33. The molecule has 1 aromatic rings. The van der Waals surface area contributed by atoms with Crippen LogP contribution in [0.15, 0.2) is 18.5 Å². The lowest BCUT2D eigenvalue weighted by molar-refractivity contribution is 0.0125. The molecule has 2 atom stereocenters. The third kappa shape index (κ3) is 5.14. The van der Waals surface area contributed by atoms with E-state index in [1.54, 1.807) is 33.0 Å². The molecule has 0 aliphatic heterocycles. The number of nitrogens with zero attached hydrogens (tertiary/aromatic N) is 1. The molecule has 0 fully saturated rings. The summed E-state index contributed by atoms with van der Waals surface area (Å²) in [6.07, 6.45) is 0.226. The molecule has 1 rings (SSSR count). The minimum atomic E-state index is -1.13. The van der Waals surface area contributed by atoms with Crippen LogP contribution >= 0.6 is 0 Å². The Morgan fingerprint density at radius 1 is 1.45 bits per heavy atom. The summed E-state index contributed by atoms with van der Waals surface area (Å²) in [4.78, 5) is 15.4. The third-order valence-corrected chi connectivity index (χ3v) is 2.62. The van der Waals surface area contributed by atoms with Crippen molar-refractivity contribution >= 4 is 6.09 Å². The van der Waals surface area contributed by atoms with Crippen LogP contribution in [0.5, 0.6) is 0 Å². The first-order valence-electron chi connectivity index (χ1n) is 6.44. The fraction of sp³-hybridized carbons (Fsp3) is 0.571. The van der Waals surface area contributed by atoms with E-state index >= 15 is 0 Å². The lowest BCUT2D eigenvalue weighted by atomic mass is 10.0.